The molecular formula is C39H48N6O2. The van der Waals surface area contributed by atoms with Crippen molar-refractivity contribution in [3.8, 4) is 12.3 Å². The van der Waals surface area contributed by atoms with E-state index in [4.69, 9.17) is 27.7 Å². The molecule has 0 spiro atoms. The molecule has 1 unspecified atom stereocenters. The number of allylic oxidation sites excluding steroid dienone is 8. The van der Waals surface area contributed by atoms with Crippen molar-refractivity contribution in [1.29, 1.82) is 0 Å². The third-order valence-electron chi connectivity index (χ3n) is 7.66. The van der Waals surface area contributed by atoms with Crippen LogP contribution in [0.3, 0.4) is 0 Å². The molecule has 1 saturated heterocycles. The van der Waals surface area contributed by atoms with Crippen LogP contribution in [0.15, 0.2) is 124 Å². The molecule has 8 nitrogen and oxygen atoms in total. The largest absolute Gasteiger partial charge is 0.469 e. The summed E-state index contributed by atoms with van der Waals surface area (Å²) in [6.45, 7) is 8.61. The number of nitrogens with zero attached hydrogens (tertiary/aromatic N) is 4. The van der Waals surface area contributed by atoms with Crippen LogP contribution in [0.5, 0.6) is 0 Å². The Labute approximate surface area is 280 Å². The minimum Gasteiger partial charge on any atom is -0.469 e. The molecule has 1 atom stereocenters. The van der Waals surface area contributed by atoms with E-state index >= 15 is 0 Å². The topological polar surface area (TPSA) is 110 Å². The molecule has 4 N–H and O–H groups in total. The highest BCUT2D eigenvalue weighted by atomic mass is 16.5. The number of aliphatic imine (C=N–C) groups is 2. The quantitative estimate of drug-likeness (QED) is 0.0744. The van der Waals surface area contributed by atoms with E-state index in [1.807, 2.05) is 74.7 Å². The molecule has 2 aliphatic rings. The van der Waals surface area contributed by atoms with Gasteiger partial charge in [-0.1, -0.05) is 84.3 Å². The van der Waals surface area contributed by atoms with Crippen LogP contribution in [0.2, 0.25) is 0 Å². The maximum atomic E-state index is 11.8. The number of nitrogen functional groups attached to an aromatic ring is 1. The predicted octanol–water partition coefficient (Wildman–Crippen LogP) is 6.81. The number of carbonyl (C=O) groups is 1. The van der Waals surface area contributed by atoms with Gasteiger partial charge in [0.25, 0.3) is 0 Å². The summed E-state index contributed by atoms with van der Waals surface area (Å²) in [5, 5.41) is 1.49. The third kappa shape index (κ3) is 12.4. The summed E-state index contributed by atoms with van der Waals surface area (Å²) in [5.41, 5.74) is 10.4. The van der Waals surface area contributed by atoms with E-state index in [2.05, 4.69) is 59.2 Å². The Morgan fingerprint density at radius 2 is 1.85 bits per heavy atom. The van der Waals surface area contributed by atoms with Crippen LogP contribution in [0.25, 0.3) is 0 Å². The number of rotatable bonds is 10. The number of ether oxygens (including phenoxy) is 1. The lowest BCUT2D eigenvalue weighted by molar-refractivity contribution is -0.147. The van der Waals surface area contributed by atoms with Crippen LogP contribution in [0.4, 0.5) is 5.69 Å². The fourth-order valence-corrected chi connectivity index (χ4v) is 4.95. The highest BCUT2D eigenvalue weighted by Crippen LogP contribution is 2.24. The summed E-state index contributed by atoms with van der Waals surface area (Å²) in [6, 6.07) is 17.8. The van der Waals surface area contributed by atoms with E-state index in [0.717, 1.165) is 61.3 Å². The van der Waals surface area contributed by atoms with Gasteiger partial charge < -0.3 is 10.5 Å². The molecule has 1 fully saturated rings. The number of likely N-dealkylation sites (tertiary alicyclic amines) is 1. The van der Waals surface area contributed by atoms with E-state index in [1.165, 1.54) is 17.7 Å². The molecule has 0 saturated carbocycles. The average Bonchev–Trinajstić information content (AvgIpc) is 3.09. The van der Waals surface area contributed by atoms with Crippen LogP contribution in [-0.2, 0) is 16.1 Å². The number of anilines is 1. The molecule has 47 heavy (non-hydrogen) atoms. The van der Waals surface area contributed by atoms with E-state index in [-0.39, 0.29) is 17.8 Å². The van der Waals surface area contributed by atoms with Gasteiger partial charge in [0.1, 0.15) is 5.82 Å². The summed E-state index contributed by atoms with van der Waals surface area (Å²) in [5.74, 6) is 10.1. The van der Waals surface area contributed by atoms with Gasteiger partial charge in [-0.25, -0.2) is 20.8 Å². The molecule has 0 amide bonds. The minimum absolute atomic E-state index is 0.0180. The molecule has 0 radical (unpaired) electrons. The molecule has 8 heteroatoms. The first kappa shape index (κ1) is 36.5. The number of terminal acetylenes is 1. The number of hydrazine groups is 1. The molecule has 0 aromatic heterocycles. The molecule has 0 bridgehead atoms. The van der Waals surface area contributed by atoms with Crippen molar-refractivity contribution in [3.05, 3.63) is 125 Å². The molecule has 2 aliphatic heterocycles. The molecule has 2 aromatic rings. The Morgan fingerprint density at radius 1 is 1.15 bits per heavy atom. The van der Waals surface area contributed by atoms with Gasteiger partial charge >= 0.3 is 5.97 Å². The Balaban J connectivity index is 0.000000756. The van der Waals surface area contributed by atoms with Crippen LogP contribution in [0, 0.1) is 24.2 Å². The van der Waals surface area contributed by atoms with E-state index in [9.17, 15) is 4.79 Å². The molecule has 4 rings (SSSR count). The van der Waals surface area contributed by atoms with Crippen LogP contribution in [-0.4, -0.2) is 48.5 Å². The fourth-order valence-electron chi connectivity index (χ4n) is 4.95. The third-order valence-corrected chi connectivity index (χ3v) is 7.66. The van der Waals surface area contributed by atoms with E-state index in [1.54, 1.807) is 6.21 Å². The molecule has 246 valence electrons. The summed E-state index contributed by atoms with van der Waals surface area (Å²) in [6.07, 6.45) is 23.7. The van der Waals surface area contributed by atoms with Gasteiger partial charge in [0.05, 0.1) is 13.0 Å². The fraction of sp³-hybridized carbons (Fsp3) is 0.308. The number of hydrogen-bond donors (Lipinski definition) is 2. The molecule has 2 aromatic carbocycles. The lowest BCUT2D eigenvalue weighted by atomic mass is 9.96. The number of nitrogens with two attached hydrogens (primary N) is 2. The summed E-state index contributed by atoms with van der Waals surface area (Å²) >= 11 is 0. The standard InChI is InChI=1S/C33H41N5O2.C6H7N/c1-6-8-9-10-11-26(4)20-30-23-35-31(21-25(3)7-2)38(34)32(30)36-22-27-12-14-28(15-13-27)24-37-18-16-29(17-19-37)33(39)40-5;7-6-4-2-1-3-5-6/h2,6,8-10,12-15,20-23,25,29H,11,16-19,24,34H2,1,3-5H3;1-5H,7H2/b8-6-,10-9-,26-20+,31-21-,36-22+;. The van der Waals surface area contributed by atoms with Gasteiger partial charge in [0.15, 0.2) is 5.82 Å². The lowest BCUT2D eigenvalue weighted by Crippen LogP contribution is -2.36. The summed E-state index contributed by atoms with van der Waals surface area (Å²) < 4.78 is 4.90. The number of para-hydroxylation sites is 1. The van der Waals surface area contributed by atoms with E-state index in [0.29, 0.717) is 11.6 Å². The van der Waals surface area contributed by atoms with Gasteiger partial charge in [-0.05, 0) is 82.5 Å². The second-order valence-corrected chi connectivity index (χ2v) is 11.5. The Bertz CT molecular complexity index is 1550. The van der Waals surface area contributed by atoms with Crippen LogP contribution < -0.4 is 11.6 Å². The van der Waals surface area contributed by atoms with Gasteiger partial charge in [0.2, 0.25) is 0 Å². The monoisotopic (exact) mass is 632 g/mol. The van der Waals surface area contributed by atoms with Crippen molar-refractivity contribution in [2.24, 2.45) is 27.7 Å². The zero-order valence-electron chi connectivity index (χ0n) is 28.0. The lowest BCUT2D eigenvalue weighted by Gasteiger charge is -2.30. The molecule has 0 aliphatic carbocycles. The van der Waals surface area contributed by atoms with Crippen LogP contribution in [0.1, 0.15) is 51.2 Å². The zero-order chi connectivity index (χ0) is 34.0. The number of hydrogen-bond acceptors (Lipinski definition) is 8. The molecular weight excluding hydrogens is 584 g/mol. The number of methoxy groups -OCH3 is 1. The normalized spacial score (nSPS) is 17.7. The SMILES string of the molecule is C#CC(C)/C=C1/N=CC(/C=C(\C)C/C=C\C=C/C)=C(/N=C/c2ccc(CN3CCC(C(=O)OC)CC3)cc2)N1N.Nc1ccccc1. The minimum atomic E-state index is -0.113. The Morgan fingerprint density at radius 3 is 2.45 bits per heavy atom. The number of esters is 1. The average molecular weight is 633 g/mol. The maximum Gasteiger partial charge on any atom is 0.308 e. The van der Waals surface area contributed by atoms with Gasteiger partial charge in [-0.3, -0.25) is 9.69 Å². The Hall–Kier alpha value is -4.97. The second kappa shape index (κ2) is 19.5. The van der Waals surface area contributed by atoms with Crippen molar-refractivity contribution < 1.29 is 9.53 Å². The first-order valence-corrected chi connectivity index (χ1v) is 15.9. The number of carbonyl (C=O) groups excluding carboxylic acids is 1. The van der Waals surface area contributed by atoms with Crippen molar-refractivity contribution in [2.75, 3.05) is 25.9 Å². The highest BCUT2D eigenvalue weighted by molar-refractivity contribution is 5.87. The van der Waals surface area contributed by atoms with Gasteiger partial charge in [0, 0.05) is 36.2 Å². The van der Waals surface area contributed by atoms with Crippen molar-refractivity contribution in [1.82, 2.24) is 9.91 Å². The van der Waals surface area contributed by atoms with Crippen molar-refractivity contribution in [3.63, 3.8) is 0 Å². The van der Waals surface area contributed by atoms with Crippen molar-refractivity contribution >= 4 is 24.1 Å². The maximum absolute atomic E-state index is 11.8. The van der Waals surface area contributed by atoms with Crippen molar-refractivity contribution in [2.45, 2.75) is 46.6 Å². The summed E-state index contributed by atoms with van der Waals surface area (Å²) in [4.78, 5) is 23.5. The first-order valence-electron chi connectivity index (χ1n) is 15.9. The van der Waals surface area contributed by atoms with Crippen LogP contribution >= 0.6 is 0 Å². The zero-order valence-corrected chi connectivity index (χ0v) is 28.0. The number of benzene rings is 2. The van der Waals surface area contributed by atoms with E-state index < -0.39 is 0 Å². The second-order valence-electron chi connectivity index (χ2n) is 11.5. The Kier molecular flexibility index (Phi) is 15.2. The highest BCUT2D eigenvalue weighted by Gasteiger charge is 2.25. The van der Waals surface area contributed by atoms with Gasteiger partial charge in [-0.15, -0.1) is 6.42 Å². The molecule has 2 heterocycles. The first-order chi connectivity index (χ1) is 22.7. The summed E-state index contributed by atoms with van der Waals surface area (Å²) in [7, 11) is 1.46. The van der Waals surface area contributed by atoms with Gasteiger partial charge in [-0.2, -0.15) is 0 Å². The number of piperidine rings is 1. The smallest absolute Gasteiger partial charge is 0.308 e. The predicted molar refractivity (Wildman–Crippen MR) is 195 cm³/mol.